The maximum Gasteiger partial charge on any atom is 0.223 e. The van der Waals surface area contributed by atoms with Crippen molar-refractivity contribution in [3.05, 3.63) is 35.9 Å². The van der Waals surface area contributed by atoms with Gasteiger partial charge in [0.25, 0.3) is 0 Å². The van der Waals surface area contributed by atoms with Gasteiger partial charge in [0.15, 0.2) is 0 Å². The van der Waals surface area contributed by atoms with Crippen molar-refractivity contribution in [2.45, 2.75) is 19.4 Å². The molecule has 0 aliphatic carbocycles. The summed E-state index contributed by atoms with van der Waals surface area (Å²) in [6, 6.07) is 9.96. The first-order valence-corrected chi connectivity index (χ1v) is 8.07. The summed E-state index contributed by atoms with van der Waals surface area (Å²) in [5.74, 6) is 1.82. The molecule has 0 bridgehead atoms. The van der Waals surface area contributed by atoms with Gasteiger partial charge in [-0.1, -0.05) is 30.3 Å². The van der Waals surface area contributed by atoms with Crippen LogP contribution in [0.4, 0.5) is 0 Å². The zero-order chi connectivity index (χ0) is 14.2. The highest BCUT2D eigenvalue weighted by Gasteiger charge is 2.15. The van der Waals surface area contributed by atoms with Gasteiger partial charge in [0.2, 0.25) is 11.8 Å². The summed E-state index contributed by atoms with van der Waals surface area (Å²) < 4.78 is 0. The standard InChI is InChI=1S/C15H20N2O2S/c18-14-6-10-20-11-7-15(19)17(9-8-16-14)12-13-4-2-1-3-5-13/h1-5H,6-12H2,(H,16,18). The molecule has 20 heavy (non-hydrogen) atoms. The number of nitrogens with one attached hydrogen (secondary N) is 1. The SMILES string of the molecule is O=C1CCSCCC(=O)N(Cc2ccccc2)CCN1. The lowest BCUT2D eigenvalue weighted by Crippen LogP contribution is -2.38. The van der Waals surface area contributed by atoms with Gasteiger partial charge < -0.3 is 10.2 Å². The quantitative estimate of drug-likeness (QED) is 0.902. The van der Waals surface area contributed by atoms with Crippen LogP contribution in [0.1, 0.15) is 18.4 Å². The molecule has 0 aromatic heterocycles. The van der Waals surface area contributed by atoms with Crippen LogP contribution < -0.4 is 5.32 Å². The van der Waals surface area contributed by atoms with Crippen molar-refractivity contribution in [3.63, 3.8) is 0 Å². The van der Waals surface area contributed by atoms with Crippen LogP contribution in [0.15, 0.2) is 30.3 Å². The van der Waals surface area contributed by atoms with Crippen LogP contribution in [-0.4, -0.2) is 41.3 Å². The predicted molar refractivity (Wildman–Crippen MR) is 81.4 cm³/mol. The zero-order valence-corrected chi connectivity index (χ0v) is 12.3. The van der Waals surface area contributed by atoms with E-state index in [4.69, 9.17) is 0 Å². The van der Waals surface area contributed by atoms with Gasteiger partial charge >= 0.3 is 0 Å². The number of thioether (sulfide) groups is 1. The number of amides is 2. The maximum absolute atomic E-state index is 12.2. The highest BCUT2D eigenvalue weighted by molar-refractivity contribution is 7.99. The molecule has 4 nitrogen and oxygen atoms in total. The van der Waals surface area contributed by atoms with E-state index >= 15 is 0 Å². The van der Waals surface area contributed by atoms with Crippen molar-refractivity contribution in [1.29, 1.82) is 0 Å². The Kier molecular flexibility index (Phi) is 5.92. The Balaban J connectivity index is 1.98. The van der Waals surface area contributed by atoms with Crippen LogP contribution in [0.25, 0.3) is 0 Å². The molecule has 0 spiro atoms. The summed E-state index contributed by atoms with van der Waals surface area (Å²) in [5.41, 5.74) is 1.12. The summed E-state index contributed by atoms with van der Waals surface area (Å²) in [7, 11) is 0. The Morgan fingerprint density at radius 2 is 1.85 bits per heavy atom. The van der Waals surface area contributed by atoms with Crippen LogP contribution >= 0.6 is 11.8 Å². The lowest BCUT2D eigenvalue weighted by atomic mass is 10.2. The Morgan fingerprint density at radius 1 is 1.10 bits per heavy atom. The summed E-state index contributed by atoms with van der Waals surface area (Å²) in [6.45, 7) is 1.71. The molecular formula is C15H20N2O2S. The van der Waals surface area contributed by atoms with Crippen LogP contribution in [-0.2, 0) is 16.1 Å². The van der Waals surface area contributed by atoms with E-state index in [0.717, 1.165) is 17.1 Å². The van der Waals surface area contributed by atoms with E-state index in [-0.39, 0.29) is 11.8 Å². The third-order valence-corrected chi connectivity index (χ3v) is 4.19. The first-order chi connectivity index (χ1) is 9.75. The maximum atomic E-state index is 12.2. The number of carbonyl (C=O) groups excluding carboxylic acids is 2. The highest BCUT2D eigenvalue weighted by Crippen LogP contribution is 2.10. The number of carbonyl (C=O) groups is 2. The summed E-state index contributed by atoms with van der Waals surface area (Å²) in [4.78, 5) is 25.6. The van der Waals surface area contributed by atoms with E-state index in [1.165, 1.54) is 0 Å². The van der Waals surface area contributed by atoms with Gasteiger partial charge in [-0.3, -0.25) is 9.59 Å². The molecule has 5 heteroatoms. The second-order valence-corrected chi connectivity index (χ2v) is 5.99. The van der Waals surface area contributed by atoms with Crippen molar-refractivity contribution < 1.29 is 9.59 Å². The number of benzene rings is 1. The fourth-order valence-corrected chi connectivity index (χ4v) is 2.95. The number of nitrogens with zero attached hydrogens (tertiary/aromatic N) is 1. The van der Waals surface area contributed by atoms with Crippen molar-refractivity contribution in [2.75, 3.05) is 24.6 Å². The molecule has 1 heterocycles. The van der Waals surface area contributed by atoms with Gasteiger partial charge in [-0.05, 0) is 5.56 Å². The molecule has 2 rings (SSSR count). The van der Waals surface area contributed by atoms with Gasteiger partial charge in [0, 0.05) is 44.0 Å². The Morgan fingerprint density at radius 3 is 2.65 bits per heavy atom. The molecule has 1 aliphatic heterocycles. The third kappa shape index (κ3) is 4.89. The largest absolute Gasteiger partial charge is 0.354 e. The fourth-order valence-electron chi connectivity index (χ4n) is 2.10. The normalized spacial score (nSPS) is 18.3. The van der Waals surface area contributed by atoms with E-state index in [2.05, 4.69) is 5.32 Å². The second kappa shape index (κ2) is 7.94. The van der Waals surface area contributed by atoms with Crippen LogP contribution in [0, 0.1) is 0 Å². The summed E-state index contributed by atoms with van der Waals surface area (Å²) in [5, 5.41) is 2.87. The molecule has 1 saturated heterocycles. The molecule has 1 aromatic carbocycles. The molecule has 0 saturated carbocycles. The van der Waals surface area contributed by atoms with Crippen molar-refractivity contribution in [3.8, 4) is 0 Å². The predicted octanol–water partition coefficient (Wildman–Crippen LogP) is 1.66. The molecule has 1 aromatic rings. The number of hydrogen-bond acceptors (Lipinski definition) is 3. The van der Waals surface area contributed by atoms with E-state index in [9.17, 15) is 9.59 Å². The molecule has 1 aliphatic rings. The molecule has 2 amide bonds. The minimum Gasteiger partial charge on any atom is -0.354 e. The third-order valence-electron chi connectivity index (χ3n) is 3.21. The molecule has 0 atom stereocenters. The lowest BCUT2D eigenvalue weighted by molar-refractivity contribution is -0.131. The van der Waals surface area contributed by atoms with Gasteiger partial charge in [0.1, 0.15) is 0 Å². The van der Waals surface area contributed by atoms with Crippen LogP contribution in [0.2, 0.25) is 0 Å². The van der Waals surface area contributed by atoms with Gasteiger partial charge in [-0.15, -0.1) is 0 Å². The monoisotopic (exact) mass is 292 g/mol. The summed E-state index contributed by atoms with van der Waals surface area (Å²) in [6.07, 6.45) is 1.09. The second-order valence-electron chi connectivity index (χ2n) is 4.76. The molecular weight excluding hydrogens is 272 g/mol. The molecule has 108 valence electrons. The first-order valence-electron chi connectivity index (χ1n) is 6.92. The molecule has 1 fully saturated rings. The number of hydrogen-bond donors (Lipinski definition) is 1. The average molecular weight is 292 g/mol. The van der Waals surface area contributed by atoms with Gasteiger partial charge in [-0.2, -0.15) is 11.8 Å². The fraction of sp³-hybridized carbons (Fsp3) is 0.467. The minimum atomic E-state index is 0.0755. The van der Waals surface area contributed by atoms with Crippen molar-refractivity contribution in [2.24, 2.45) is 0 Å². The first kappa shape index (κ1) is 14.9. The molecule has 1 N–H and O–H groups in total. The minimum absolute atomic E-state index is 0.0755. The topological polar surface area (TPSA) is 49.4 Å². The van der Waals surface area contributed by atoms with E-state index in [1.807, 2.05) is 35.2 Å². The summed E-state index contributed by atoms with van der Waals surface area (Å²) >= 11 is 1.67. The smallest absolute Gasteiger partial charge is 0.223 e. The highest BCUT2D eigenvalue weighted by atomic mass is 32.2. The van der Waals surface area contributed by atoms with Crippen LogP contribution in [0.5, 0.6) is 0 Å². The lowest BCUT2D eigenvalue weighted by Gasteiger charge is -2.22. The van der Waals surface area contributed by atoms with E-state index in [1.54, 1.807) is 11.8 Å². The van der Waals surface area contributed by atoms with Crippen molar-refractivity contribution in [1.82, 2.24) is 10.2 Å². The van der Waals surface area contributed by atoms with Gasteiger partial charge in [-0.25, -0.2) is 0 Å². The molecule has 0 radical (unpaired) electrons. The Hall–Kier alpha value is -1.49. The van der Waals surface area contributed by atoms with Gasteiger partial charge in [0.05, 0.1) is 0 Å². The van der Waals surface area contributed by atoms with Crippen molar-refractivity contribution >= 4 is 23.6 Å². The number of rotatable bonds is 2. The average Bonchev–Trinajstić information content (AvgIpc) is 2.49. The van der Waals surface area contributed by atoms with Crippen LogP contribution in [0.3, 0.4) is 0 Å². The van der Waals surface area contributed by atoms with E-state index in [0.29, 0.717) is 32.5 Å². The Labute approximate surface area is 123 Å². The van der Waals surface area contributed by atoms with E-state index < -0.39 is 0 Å². The molecule has 0 unspecified atom stereocenters. The zero-order valence-electron chi connectivity index (χ0n) is 11.5. The Bertz CT molecular complexity index is 450.